The Bertz CT molecular complexity index is 809. The molecule has 30 heavy (non-hydrogen) atoms. The maximum Gasteiger partial charge on any atom is 0.338 e. The zero-order valence-corrected chi connectivity index (χ0v) is 16.9. The second-order valence-electron chi connectivity index (χ2n) is 6.33. The highest BCUT2D eigenvalue weighted by Gasteiger charge is 2.31. The van der Waals surface area contributed by atoms with E-state index < -0.39 is 30.0 Å². The van der Waals surface area contributed by atoms with E-state index in [0.29, 0.717) is 12.1 Å². The van der Waals surface area contributed by atoms with E-state index in [-0.39, 0.29) is 37.4 Å². The molecule has 162 valence electrons. The van der Waals surface area contributed by atoms with Gasteiger partial charge in [-0.3, -0.25) is 4.79 Å². The van der Waals surface area contributed by atoms with Crippen LogP contribution in [0.5, 0.6) is 0 Å². The van der Waals surface area contributed by atoms with Gasteiger partial charge in [-0.25, -0.2) is 14.4 Å². The van der Waals surface area contributed by atoms with E-state index in [1.165, 1.54) is 0 Å². The van der Waals surface area contributed by atoms with E-state index in [1.54, 1.807) is 31.2 Å². The zero-order chi connectivity index (χ0) is 21.9. The fraction of sp³-hybridized carbons (Fsp3) is 0.400. The van der Waals surface area contributed by atoms with Gasteiger partial charge in [0.2, 0.25) is 0 Å². The molecule has 10 heteroatoms. The second-order valence-corrected chi connectivity index (χ2v) is 6.33. The summed E-state index contributed by atoms with van der Waals surface area (Å²) in [6.07, 6.45) is 0.396. The molecule has 1 aromatic carbocycles. The van der Waals surface area contributed by atoms with E-state index in [0.717, 1.165) is 0 Å². The first-order valence-corrected chi connectivity index (χ1v) is 9.67. The molecule has 1 aromatic rings. The monoisotopic (exact) mass is 418 g/mol. The number of hydrogen-bond donors (Lipinski definition) is 4. The third-order valence-electron chi connectivity index (χ3n) is 4.17. The van der Waals surface area contributed by atoms with Crippen molar-refractivity contribution in [3.63, 3.8) is 0 Å². The number of urea groups is 2. The van der Waals surface area contributed by atoms with Gasteiger partial charge in [-0.05, 0) is 25.5 Å². The SMILES string of the molecule is CCOC(=O)C1=C(COC(=O)CCNC(=O)Nc2ccccc2)NC(=O)N[C@@H]1CC. The summed E-state index contributed by atoms with van der Waals surface area (Å²) in [7, 11) is 0. The van der Waals surface area contributed by atoms with E-state index in [9.17, 15) is 19.2 Å². The molecular formula is C20H26N4O6. The molecule has 10 nitrogen and oxygen atoms in total. The highest BCUT2D eigenvalue weighted by molar-refractivity contribution is 5.95. The van der Waals surface area contributed by atoms with Gasteiger partial charge in [0, 0.05) is 12.2 Å². The highest BCUT2D eigenvalue weighted by Crippen LogP contribution is 2.17. The Labute approximate surface area is 174 Å². The van der Waals surface area contributed by atoms with Gasteiger partial charge < -0.3 is 30.7 Å². The van der Waals surface area contributed by atoms with Crippen LogP contribution >= 0.6 is 0 Å². The lowest BCUT2D eigenvalue weighted by molar-refractivity contribution is -0.143. The van der Waals surface area contributed by atoms with E-state index >= 15 is 0 Å². The van der Waals surface area contributed by atoms with E-state index in [1.807, 2.05) is 13.0 Å². The van der Waals surface area contributed by atoms with Gasteiger partial charge in [-0.15, -0.1) is 0 Å². The van der Waals surface area contributed by atoms with Crippen molar-refractivity contribution < 1.29 is 28.7 Å². The molecule has 1 heterocycles. The molecule has 1 aliphatic heterocycles. The van der Waals surface area contributed by atoms with Crippen molar-refractivity contribution in [2.75, 3.05) is 25.1 Å². The van der Waals surface area contributed by atoms with Crippen LogP contribution in [0.15, 0.2) is 41.6 Å². The smallest absolute Gasteiger partial charge is 0.338 e. The number of esters is 2. The maximum absolute atomic E-state index is 12.3. The lowest BCUT2D eigenvalue weighted by atomic mass is 10.0. The Morgan fingerprint density at radius 3 is 2.50 bits per heavy atom. The minimum absolute atomic E-state index is 0.0623. The molecule has 0 saturated heterocycles. The molecule has 0 fully saturated rings. The van der Waals surface area contributed by atoms with Crippen molar-refractivity contribution in [2.45, 2.75) is 32.7 Å². The average molecular weight is 418 g/mol. The summed E-state index contributed by atoms with van der Waals surface area (Å²) in [6.45, 7) is 3.44. The van der Waals surface area contributed by atoms with Crippen LogP contribution in [0.2, 0.25) is 0 Å². The zero-order valence-electron chi connectivity index (χ0n) is 16.9. The van der Waals surface area contributed by atoms with Gasteiger partial charge in [0.25, 0.3) is 0 Å². The average Bonchev–Trinajstić information content (AvgIpc) is 2.72. The van der Waals surface area contributed by atoms with Crippen LogP contribution < -0.4 is 21.3 Å². The van der Waals surface area contributed by atoms with Crippen LogP contribution in [0, 0.1) is 0 Å². The largest absolute Gasteiger partial charge is 0.463 e. The Hall–Kier alpha value is -3.56. The fourth-order valence-corrected chi connectivity index (χ4v) is 2.78. The third-order valence-corrected chi connectivity index (χ3v) is 4.17. The van der Waals surface area contributed by atoms with Crippen LogP contribution in [-0.2, 0) is 19.1 Å². The molecule has 0 saturated carbocycles. The van der Waals surface area contributed by atoms with Crippen molar-refractivity contribution in [3.8, 4) is 0 Å². The Balaban J connectivity index is 1.85. The summed E-state index contributed by atoms with van der Waals surface area (Å²) in [6, 6.07) is 7.41. The molecule has 0 radical (unpaired) electrons. The van der Waals surface area contributed by atoms with Crippen molar-refractivity contribution in [1.29, 1.82) is 0 Å². The van der Waals surface area contributed by atoms with Crippen molar-refractivity contribution in [2.24, 2.45) is 0 Å². The van der Waals surface area contributed by atoms with E-state index in [4.69, 9.17) is 9.47 Å². The number of carbonyl (C=O) groups excluding carboxylic acids is 4. The minimum atomic E-state index is -0.591. The summed E-state index contributed by atoms with van der Waals surface area (Å²) in [5, 5.41) is 10.3. The van der Waals surface area contributed by atoms with Crippen LogP contribution in [0.3, 0.4) is 0 Å². The molecule has 1 aliphatic rings. The minimum Gasteiger partial charge on any atom is -0.463 e. The van der Waals surface area contributed by atoms with Crippen LogP contribution in [0.25, 0.3) is 0 Å². The summed E-state index contributed by atoms with van der Waals surface area (Å²) >= 11 is 0. The normalized spacial score (nSPS) is 15.5. The first-order chi connectivity index (χ1) is 14.4. The molecule has 4 amide bonds. The summed E-state index contributed by atoms with van der Waals surface area (Å²) in [4.78, 5) is 47.9. The van der Waals surface area contributed by atoms with Crippen molar-refractivity contribution in [1.82, 2.24) is 16.0 Å². The van der Waals surface area contributed by atoms with Gasteiger partial charge in [-0.1, -0.05) is 25.1 Å². The van der Waals surface area contributed by atoms with Crippen LogP contribution in [-0.4, -0.2) is 49.8 Å². The standard InChI is InChI=1S/C20H26N4O6/c1-3-14-17(18(26)29-4-2)15(24-20(28)23-14)12-30-16(25)10-11-21-19(27)22-13-8-6-5-7-9-13/h5-9,14H,3-4,10-12H2,1-2H3,(H2,21,22,27)(H2,23,24,28)/t14-/m1/s1. The van der Waals surface area contributed by atoms with Crippen molar-refractivity contribution >= 4 is 29.7 Å². The fourth-order valence-electron chi connectivity index (χ4n) is 2.78. The first-order valence-electron chi connectivity index (χ1n) is 9.67. The topological polar surface area (TPSA) is 135 Å². The molecule has 2 rings (SSSR count). The van der Waals surface area contributed by atoms with Gasteiger partial charge >= 0.3 is 24.0 Å². The quantitative estimate of drug-likeness (QED) is 0.451. The van der Waals surface area contributed by atoms with E-state index in [2.05, 4.69) is 21.3 Å². The number of para-hydroxylation sites is 1. The first kappa shape index (κ1) is 22.7. The molecule has 1 atom stereocenters. The summed E-state index contributed by atoms with van der Waals surface area (Å²) < 4.78 is 10.2. The highest BCUT2D eigenvalue weighted by atomic mass is 16.5. The number of anilines is 1. The maximum atomic E-state index is 12.3. The third kappa shape index (κ3) is 6.80. The molecule has 0 aliphatic carbocycles. The number of benzene rings is 1. The molecule has 4 N–H and O–H groups in total. The molecule has 0 spiro atoms. The second kappa shape index (κ2) is 11.4. The van der Waals surface area contributed by atoms with Gasteiger partial charge in [-0.2, -0.15) is 0 Å². The number of amides is 4. The van der Waals surface area contributed by atoms with Gasteiger partial charge in [0.15, 0.2) is 0 Å². The van der Waals surface area contributed by atoms with Gasteiger partial charge in [0.1, 0.15) is 6.61 Å². The van der Waals surface area contributed by atoms with Crippen LogP contribution in [0.1, 0.15) is 26.7 Å². The summed E-state index contributed by atoms with van der Waals surface area (Å²) in [5.74, 6) is -1.17. The molecule has 0 bridgehead atoms. The number of nitrogens with one attached hydrogen (secondary N) is 4. The Morgan fingerprint density at radius 2 is 1.83 bits per heavy atom. The predicted molar refractivity (Wildman–Crippen MR) is 108 cm³/mol. The molecule has 0 aromatic heterocycles. The lowest BCUT2D eigenvalue weighted by Gasteiger charge is -2.28. The lowest BCUT2D eigenvalue weighted by Crippen LogP contribution is -2.51. The Morgan fingerprint density at radius 1 is 1.10 bits per heavy atom. The Kier molecular flexibility index (Phi) is 8.67. The summed E-state index contributed by atoms with van der Waals surface area (Å²) in [5.41, 5.74) is 1.04. The number of hydrogen-bond acceptors (Lipinski definition) is 6. The molecular weight excluding hydrogens is 392 g/mol. The number of carbonyl (C=O) groups is 4. The number of rotatable bonds is 9. The van der Waals surface area contributed by atoms with Crippen LogP contribution in [0.4, 0.5) is 15.3 Å². The van der Waals surface area contributed by atoms with Gasteiger partial charge in [0.05, 0.1) is 30.3 Å². The number of ether oxygens (including phenoxy) is 2. The predicted octanol–water partition coefficient (Wildman–Crippen LogP) is 1.65. The molecule has 0 unspecified atom stereocenters. The van der Waals surface area contributed by atoms with Crippen molar-refractivity contribution in [3.05, 3.63) is 41.6 Å².